The van der Waals surface area contributed by atoms with Crippen molar-refractivity contribution >= 4 is 17.9 Å². The molecule has 5 heteroatoms. The Morgan fingerprint density at radius 1 is 0.703 bits per heavy atom. The number of rotatable bonds is 9. The van der Waals surface area contributed by atoms with Gasteiger partial charge < -0.3 is 18.9 Å². The van der Waals surface area contributed by atoms with Crippen molar-refractivity contribution in [3.05, 3.63) is 94.6 Å². The molecular formula is C32H34O5. The molecule has 37 heavy (non-hydrogen) atoms. The summed E-state index contributed by atoms with van der Waals surface area (Å²) in [5, 5.41) is 0. The average Bonchev–Trinajstić information content (AvgIpc) is 2.93. The maximum absolute atomic E-state index is 13.7. The Bertz CT molecular complexity index is 1210. The molecule has 1 saturated carbocycles. The van der Waals surface area contributed by atoms with Gasteiger partial charge in [0, 0.05) is 11.1 Å². The van der Waals surface area contributed by atoms with Crippen LogP contribution in [0.1, 0.15) is 49.3 Å². The normalized spacial score (nSPS) is 17.6. The molecule has 192 valence electrons. The molecule has 1 aliphatic rings. The van der Waals surface area contributed by atoms with Gasteiger partial charge in [-0.2, -0.15) is 0 Å². The van der Waals surface area contributed by atoms with Gasteiger partial charge in [-0.05, 0) is 85.7 Å². The Balaban J connectivity index is 1.73. The van der Waals surface area contributed by atoms with Crippen LogP contribution in [0.4, 0.5) is 0 Å². The lowest BCUT2D eigenvalue weighted by molar-refractivity contribution is -0.113. The first kappa shape index (κ1) is 26.1. The minimum atomic E-state index is 0.0629. The van der Waals surface area contributed by atoms with E-state index in [1.165, 1.54) is 5.56 Å². The molecule has 0 aromatic heterocycles. The van der Waals surface area contributed by atoms with Crippen LogP contribution in [0.3, 0.4) is 0 Å². The molecular weight excluding hydrogens is 464 g/mol. The van der Waals surface area contributed by atoms with Crippen molar-refractivity contribution < 1.29 is 23.7 Å². The molecule has 1 fully saturated rings. The van der Waals surface area contributed by atoms with Crippen molar-refractivity contribution in [2.75, 3.05) is 27.4 Å². The number of hydrogen-bond donors (Lipinski definition) is 0. The van der Waals surface area contributed by atoms with E-state index in [2.05, 4.69) is 12.1 Å². The first-order valence-electron chi connectivity index (χ1n) is 12.7. The molecule has 0 amide bonds. The van der Waals surface area contributed by atoms with Crippen molar-refractivity contribution in [3.63, 3.8) is 0 Å². The highest BCUT2D eigenvalue weighted by Gasteiger charge is 2.29. The molecule has 0 bridgehead atoms. The van der Waals surface area contributed by atoms with E-state index in [1.54, 1.807) is 14.2 Å². The molecule has 0 radical (unpaired) electrons. The van der Waals surface area contributed by atoms with E-state index < -0.39 is 0 Å². The molecule has 0 saturated heterocycles. The van der Waals surface area contributed by atoms with Crippen LogP contribution >= 0.6 is 0 Å². The zero-order valence-corrected chi connectivity index (χ0v) is 22.0. The van der Waals surface area contributed by atoms with Crippen molar-refractivity contribution in [1.82, 2.24) is 0 Å². The first-order chi connectivity index (χ1) is 18.1. The number of methoxy groups -OCH3 is 2. The Labute approximate surface area is 219 Å². The molecule has 1 aliphatic carbocycles. The fraction of sp³-hybridized carbons (Fsp3) is 0.281. The molecule has 4 rings (SSSR count). The van der Waals surface area contributed by atoms with Gasteiger partial charge in [-0.25, -0.2) is 0 Å². The number of allylic oxidation sites excluding steroid dienone is 2. The Morgan fingerprint density at radius 3 is 1.62 bits per heavy atom. The summed E-state index contributed by atoms with van der Waals surface area (Å²) in [5.74, 6) is 2.94. The summed E-state index contributed by atoms with van der Waals surface area (Å²) in [6, 6.07) is 21.9. The summed E-state index contributed by atoms with van der Waals surface area (Å²) in [6.07, 6.45) is 5.29. The zero-order valence-electron chi connectivity index (χ0n) is 22.0. The summed E-state index contributed by atoms with van der Waals surface area (Å²) < 4.78 is 22.4. The topological polar surface area (TPSA) is 54.0 Å². The zero-order chi connectivity index (χ0) is 26.2. The molecule has 0 heterocycles. The number of ether oxygens (including phenoxy) is 4. The minimum absolute atomic E-state index is 0.0629. The fourth-order valence-electron chi connectivity index (χ4n) is 4.70. The fourth-order valence-corrected chi connectivity index (χ4v) is 4.70. The summed E-state index contributed by atoms with van der Waals surface area (Å²) in [4.78, 5) is 13.7. The van der Waals surface area contributed by atoms with E-state index in [1.807, 2.05) is 80.6 Å². The van der Waals surface area contributed by atoms with Crippen LogP contribution in [0.5, 0.6) is 23.0 Å². The summed E-state index contributed by atoms with van der Waals surface area (Å²) in [6.45, 7) is 4.98. The van der Waals surface area contributed by atoms with Crippen LogP contribution in [0.15, 0.2) is 77.9 Å². The number of carbonyl (C=O) groups excluding carboxylic acids is 1. The highest BCUT2D eigenvalue weighted by Crippen LogP contribution is 2.40. The van der Waals surface area contributed by atoms with Crippen LogP contribution in [-0.4, -0.2) is 33.2 Å². The maximum Gasteiger partial charge on any atom is 0.185 e. The lowest BCUT2D eigenvalue weighted by Crippen LogP contribution is -2.19. The van der Waals surface area contributed by atoms with Crippen molar-refractivity contribution in [2.45, 2.75) is 32.6 Å². The highest BCUT2D eigenvalue weighted by atomic mass is 16.5. The smallest absolute Gasteiger partial charge is 0.185 e. The molecule has 0 unspecified atom stereocenters. The van der Waals surface area contributed by atoms with E-state index in [9.17, 15) is 4.79 Å². The number of ketones is 1. The Kier molecular flexibility index (Phi) is 8.68. The standard InChI is InChI=1S/C32H34O5/c1-5-36-28-14-12-22(18-30(28)34-3)16-26-20-25(24-10-8-7-9-11-24)21-27(32(26)33)17-23-13-15-29(37-6-2)31(19-23)35-4/h7-19,25H,5-6,20-21H2,1-4H3/b26-16+,27-17+. The third-order valence-corrected chi connectivity index (χ3v) is 6.44. The molecule has 3 aromatic carbocycles. The van der Waals surface area contributed by atoms with Crippen LogP contribution < -0.4 is 18.9 Å². The number of benzene rings is 3. The van der Waals surface area contributed by atoms with E-state index in [0.717, 1.165) is 22.3 Å². The monoisotopic (exact) mass is 498 g/mol. The Hall–Kier alpha value is -3.99. The van der Waals surface area contributed by atoms with Crippen LogP contribution in [0.2, 0.25) is 0 Å². The van der Waals surface area contributed by atoms with Gasteiger partial charge in [0.25, 0.3) is 0 Å². The van der Waals surface area contributed by atoms with Gasteiger partial charge in [0.15, 0.2) is 28.8 Å². The van der Waals surface area contributed by atoms with Crippen molar-refractivity contribution in [2.24, 2.45) is 0 Å². The summed E-state index contributed by atoms with van der Waals surface area (Å²) in [5.41, 5.74) is 4.57. The first-order valence-corrected chi connectivity index (χ1v) is 12.7. The SMILES string of the molecule is CCOc1ccc(/C=C2\CC(c3ccccc3)C/C(=C\c3ccc(OCC)c(OC)c3)C2=O)cc1OC. The molecule has 0 atom stereocenters. The van der Waals surface area contributed by atoms with Gasteiger partial charge in [0.1, 0.15) is 0 Å². The minimum Gasteiger partial charge on any atom is -0.493 e. The molecule has 3 aromatic rings. The maximum atomic E-state index is 13.7. The number of Topliss-reactive ketones (excluding diaryl/α,β-unsaturated/α-hetero) is 1. The predicted molar refractivity (Wildman–Crippen MR) is 148 cm³/mol. The van der Waals surface area contributed by atoms with Gasteiger partial charge in [-0.15, -0.1) is 0 Å². The van der Waals surface area contributed by atoms with Crippen LogP contribution in [-0.2, 0) is 4.79 Å². The average molecular weight is 499 g/mol. The Morgan fingerprint density at radius 2 is 1.19 bits per heavy atom. The van der Waals surface area contributed by atoms with E-state index in [0.29, 0.717) is 49.1 Å². The predicted octanol–water partition coefficient (Wildman–Crippen LogP) is 7.11. The second kappa shape index (κ2) is 12.3. The van der Waals surface area contributed by atoms with E-state index in [-0.39, 0.29) is 11.7 Å². The van der Waals surface area contributed by atoms with Gasteiger partial charge in [-0.1, -0.05) is 42.5 Å². The summed E-state index contributed by atoms with van der Waals surface area (Å²) >= 11 is 0. The highest BCUT2D eigenvalue weighted by molar-refractivity contribution is 6.14. The largest absolute Gasteiger partial charge is 0.493 e. The van der Waals surface area contributed by atoms with Gasteiger partial charge in [0.2, 0.25) is 0 Å². The number of carbonyl (C=O) groups is 1. The van der Waals surface area contributed by atoms with Crippen LogP contribution in [0, 0.1) is 0 Å². The van der Waals surface area contributed by atoms with Gasteiger partial charge in [0.05, 0.1) is 27.4 Å². The third kappa shape index (κ3) is 6.23. The molecule has 5 nitrogen and oxygen atoms in total. The second-order valence-corrected chi connectivity index (χ2v) is 8.87. The lowest BCUT2D eigenvalue weighted by Gasteiger charge is -2.26. The van der Waals surface area contributed by atoms with Gasteiger partial charge >= 0.3 is 0 Å². The van der Waals surface area contributed by atoms with E-state index >= 15 is 0 Å². The quantitative estimate of drug-likeness (QED) is 0.294. The molecule has 0 spiro atoms. The van der Waals surface area contributed by atoms with Crippen LogP contribution in [0.25, 0.3) is 12.2 Å². The van der Waals surface area contributed by atoms with Crippen molar-refractivity contribution in [1.29, 1.82) is 0 Å². The third-order valence-electron chi connectivity index (χ3n) is 6.44. The lowest BCUT2D eigenvalue weighted by atomic mass is 9.76. The molecule has 0 N–H and O–H groups in total. The summed E-state index contributed by atoms with van der Waals surface area (Å²) in [7, 11) is 3.25. The van der Waals surface area contributed by atoms with Crippen molar-refractivity contribution in [3.8, 4) is 23.0 Å². The second-order valence-electron chi connectivity index (χ2n) is 8.87. The molecule has 0 aliphatic heterocycles. The van der Waals surface area contributed by atoms with Gasteiger partial charge in [-0.3, -0.25) is 4.79 Å². The number of hydrogen-bond acceptors (Lipinski definition) is 5. The van der Waals surface area contributed by atoms with E-state index in [4.69, 9.17) is 18.9 Å².